The third-order valence-corrected chi connectivity index (χ3v) is 5.81. The zero-order valence-electron chi connectivity index (χ0n) is 12.6. The molecule has 0 aromatic heterocycles. The van der Waals surface area contributed by atoms with Crippen LogP contribution in [0.5, 0.6) is 0 Å². The molecule has 0 heterocycles. The molecular formula is C14H24N2O2S2. The number of thioether (sulfide) groups is 1. The second-order valence-corrected chi connectivity index (χ2v) is 7.87. The van der Waals surface area contributed by atoms with Gasteiger partial charge in [0.1, 0.15) is 0 Å². The summed E-state index contributed by atoms with van der Waals surface area (Å²) < 4.78 is 27.4. The van der Waals surface area contributed by atoms with Crippen molar-refractivity contribution in [3.8, 4) is 0 Å². The minimum atomic E-state index is -3.42. The van der Waals surface area contributed by atoms with Crippen molar-refractivity contribution < 1.29 is 8.42 Å². The molecule has 0 spiro atoms. The third kappa shape index (κ3) is 5.09. The van der Waals surface area contributed by atoms with Crippen LogP contribution in [0.2, 0.25) is 0 Å². The van der Waals surface area contributed by atoms with Gasteiger partial charge in [-0.15, -0.1) is 0 Å². The van der Waals surface area contributed by atoms with E-state index in [0.29, 0.717) is 23.2 Å². The van der Waals surface area contributed by atoms with Gasteiger partial charge in [0.05, 0.1) is 4.90 Å². The van der Waals surface area contributed by atoms with Gasteiger partial charge < -0.3 is 5.32 Å². The fourth-order valence-electron chi connectivity index (χ4n) is 1.84. The second kappa shape index (κ2) is 8.02. The number of rotatable bonds is 8. The highest BCUT2D eigenvalue weighted by Crippen LogP contribution is 2.17. The van der Waals surface area contributed by atoms with Crippen LogP contribution in [-0.2, 0) is 16.6 Å². The summed E-state index contributed by atoms with van der Waals surface area (Å²) in [4.78, 5) is 0.377. The molecule has 1 unspecified atom stereocenters. The Morgan fingerprint density at radius 3 is 2.65 bits per heavy atom. The lowest BCUT2D eigenvalue weighted by molar-refractivity contribution is 0.578. The zero-order valence-corrected chi connectivity index (χ0v) is 14.2. The summed E-state index contributed by atoms with van der Waals surface area (Å²) in [6, 6.07) is 5.54. The molecule has 4 nitrogen and oxygen atoms in total. The van der Waals surface area contributed by atoms with E-state index in [1.165, 1.54) is 0 Å². The maximum absolute atomic E-state index is 12.3. The Labute approximate surface area is 126 Å². The number of hydrogen-bond acceptors (Lipinski definition) is 4. The van der Waals surface area contributed by atoms with Crippen LogP contribution in [0.4, 0.5) is 0 Å². The summed E-state index contributed by atoms with van der Waals surface area (Å²) in [7, 11) is -1.58. The van der Waals surface area contributed by atoms with E-state index < -0.39 is 10.0 Å². The van der Waals surface area contributed by atoms with E-state index in [4.69, 9.17) is 0 Å². The van der Waals surface area contributed by atoms with Crippen LogP contribution in [0.3, 0.4) is 0 Å². The highest BCUT2D eigenvalue weighted by atomic mass is 32.2. The Morgan fingerprint density at radius 1 is 1.35 bits per heavy atom. The normalized spacial score (nSPS) is 13.4. The summed E-state index contributed by atoms with van der Waals surface area (Å²) in [6.07, 6.45) is 2.86. The SMILES string of the molecule is CNCc1ccc(C)c(S(=O)(=O)NCCC(C)SC)c1. The number of aryl methyl sites for hydroxylation is 1. The van der Waals surface area contributed by atoms with Gasteiger partial charge >= 0.3 is 0 Å². The Balaban J connectivity index is 2.83. The predicted molar refractivity (Wildman–Crippen MR) is 86.7 cm³/mol. The maximum atomic E-state index is 12.3. The minimum Gasteiger partial charge on any atom is -0.316 e. The molecule has 1 rings (SSSR count). The van der Waals surface area contributed by atoms with E-state index in [1.807, 2.05) is 32.4 Å². The molecular weight excluding hydrogens is 292 g/mol. The lowest BCUT2D eigenvalue weighted by Gasteiger charge is -2.12. The molecule has 1 aromatic rings. The average Bonchev–Trinajstić information content (AvgIpc) is 2.40. The van der Waals surface area contributed by atoms with Gasteiger partial charge in [-0.2, -0.15) is 11.8 Å². The topological polar surface area (TPSA) is 58.2 Å². The maximum Gasteiger partial charge on any atom is 0.240 e. The monoisotopic (exact) mass is 316 g/mol. The Hall–Kier alpha value is -0.560. The predicted octanol–water partition coefficient (Wildman–Crippen LogP) is 2.13. The van der Waals surface area contributed by atoms with Crippen molar-refractivity contribution >= 4 is 21.8 Å². The molecule has 0 saturated heterocycles. The highest BCUT2D eigenvalue weighted by molar-refractivity contribution is 7.99. The molecule has 0 bridgehead atoms. The molecule has 20 heavy (non-hydrogen) atoms. The van der Waals surface area contributed by atoms with Crippen molar-refractivity contribution in [2.45, 2.75) is 37.0 Å². The smallest absolute Gasteiger partial charge is 0.240 e. The second-order valence-electron chi connectivity index (χ2n) is 4.86. The molecule has 0 aliphatic rings. The molecule has 6 heteroatoms. The van der Waals surface area contributed by atoms with Crippen LogP contribution >= 0.6 is 11.8 Å². The van der Waals surface area contributed by atoms with Crippen LogP contribution < -0.4 is 10.0 Å². The standard InChI is InChI=1S/C14H24N2O2S2/c1-11-5-6-13(10-15-3)9-14(11)20(17,18)16-8-7-12(2)19-4/h5-6,9,12,15-16H,7-8,10H2,1-4H3. The van der Waals surface area contributed by atoms with Crippen LogP contribution in [0.25, 0.3) is 0 Å². The van der Waals surface area contributed by atoms with Crippen molar-refractivity contribution in [3.63, 3.8) is 0 Å². The van der Waals surface area contributed by atoms with E-state index >= 15 is 0 Å². The minimum absolute atomic E-state index is 0.377. The number of nitrogens with one attached hydrogen (secondary N) is 2. The van der Waals surface area contributed by atoms with Gasteiger partial charge in [-0.1, -0.05) is 19.1 Å². The number of benzene rings is 1. The molecule has 0 radical (unpaired) electrons. The average molecular weight is 316 g/mol. The lowest BCUT2D eigenvalue weighted by atomic mass is 10.1. The largest absolute Gasteiger partial charge is 0.316 e. The molecule has 1 atom stereocenters. The fraction of sp³-hybridized carbons (Fsp3) is 0.571. The molecule has 0 fully saturated rings. The molecule has 0 amide bonds. The van der Waals surface area contributed by atoms with Crippen molar-refractivity contribution in [2.75, 3.05) is 19.8 Å². The summed E-state index contributed by atoms with van der Waals surface area (Å²) in [5.41, 5.74) is 1.74. The van der Waals surface area contributed by atoms with Crippen molar-refractivity contribution in [1.29, 1.82) is 0 Å². The first-order chi connectivity index (χ1) is 9.40. The zero-order chi connectivity index (χ0) is 15.2. The van der Waals surface area contributed by atoms with Gasteiger partial charge in [-0.05, 0) is 43.8 Å². The molecule has 0 aliphatic carbocycles. The van der Waals surface area contributed by atoms with Gasteiger partial charge in [-0.3, -0.25) is 0 Å². The molecule has 114 valence electrons. The van der Waals surface area contributed by atoms with Crippen LogP contribution in [-0.4, -0.2) is 33.5 Å². The molecule has 0 saturated carbocycles. The lowest BCUT2D eigenvalue weighted by Crippen LogP contribution is -2.27. The Kier molecular flexibility index (Phi) is 7.02. The fourth-order valence-corrected chi connectivity index (χ4v) is 3.53. The van der Waals surface area contributed by atoms with Crippen molar-refractivity contribution in [2.24, 2.45) is 0 Å². The number of hydrogen-bond donors (Lipinski definition) is 2. The van der Waals surface area contributed by atoms with E-state index in [0.717, 1.165) is 17.5 Å². The van der Waals surface area contributed by atoms with Gasteiger partial charge in [0.25, 0.3) is 0 Å². The quantitative estimate of drug-likeness (QED) is 0.771. The summed E-state index contributed by atoms with van der Waals surface area (Å²) in [5, 5.41) is 3.48. The van der Waals surface area contributed by atoms with Crippen LogP contribution in [0.15, 0.2) is 23.1 Å². The van der Waals surface area contributed by atoms with Gasteiger partial charge in [0.15, 0.2) is 0 Å². The van der Waals surface area contributed by atoms with E-state index in [2.05, 4.69) is 17.0 Å². The molecule has 1 aromatic carbocycles. The van der Waals surface area contributed by atoms with Crippen molar-refractivity contribution in [1.82, 2.24) is 10.0 Å². The van der Waals surface area contributed by atoms with E-state index in [9.17, 15) is 8.42 Å². The van der Waals surface area contributed by atoms with Gasteiger partial charge in [-0.25, -0.2) is 13.1 Å². The van der Waals surface area contributed by atoms with Gasteiger partial charge in [0.2, 0.25) is 10.0 Å². The molecule has 2 N–H and O–H groups in total. The molecule has 0 aliphatic heterocycles. The summed E-state index contributed by atoms with van der Waals surface area (Å²) >= 11 is 1.74. The number of sulfonamides is 1. The Bertz CT molecular complexity index is 530. The first-order valence-corrected chi connectivity index (χ1v) is 9.44. The van der Waals surface area contributed by atoms with E-state index in [1.54, 1.807) is 17.8 Å². The van der Waals surface area contributed by atoms with Crippen LogP contribution in [0.1, 0.15) is 24.5 Å². The van der Waals surface area contributed by atoms with Crippen molar-refractivity contribution in [3.05, 3.63) is 29.3 Å². The summed E-state index contributed by atoms with van der Waals surface area (Å²) in [5.74, 6) is 0. The summed E-state index contributed by atoms with van der Waals surface area (Å²) in [6.45, 7) is 5.05. The Morgan fingerprint density at radius 2 is 2.05 bits per heavy atom. The first kappa shape index (κ1) is 17.5. The van der Waals surface area contributed by atoms with E-state index in [-0.39, 0.29) is 0 Å². The first-order valence-electron chi connectivity index (χ1n) is 6.67. The third-order valence-electron chi connectivity index (χ3n) is 3.17. The highest BCUT2D eigenvalue weighted by Gasteiger charge is 2.17. The van der Waals surface area contributed by atoms with Gasteiger partial charge in [0, 0.05) is 18.3 Å². The van der Waals surface area contributed by atoms with Crippen LogP contribution in [0, 0.1) is 6.92 Å².